The zero-order valence-electron chi connectivity index (χ0n) is 18.1. The third-order valence-corrected chi connectivity index (χ3v) is 5.44. The smallest absolute Gasteiger partial charge is 0.253 e. The van der Waals surface area contributed by atoms with E-state index in [-0.39, 0.29) is 29.5 Å². The molecule has 0 aliphatic carbocycles. The lowest BCUT2D eigenvalue weighted by molar-refractivity contribution is 0.0792. The van der Waals surface area contributed by atoms with E-state index in [2.05, 4.69) is 20.8 Å². The van der Waals surface area contributed by atoms with E-state index >= 15 is 0 Å². The number of halogens is 2. The van der Waals surface area contributed by atoms with Crippen LogP contribution < -0.4 is 10.6 Å². The summed E-state index contributed by atoms with van der Waals surface area (Å²) in [5, 5.41) is 13.9. The molecule has 7 nitrogen and oxygen atoms in total. The Hall–Kier alpha value is -3.88. The first kappa shape index (κ1) is 22.3. The molecule has 0 unspecified atom stereocenters. The van der Waals surface area contributed by atoms with Crippen molar-refractivity contribution in [3.05, 3.63) is 77.0 Å². The first-order valence-corrected chi connectivity index (χ1v) is 10.6. The van der Waals surface area contributed by atoms with Crippen LogP contribution in [0.1, 0.15) is 46.2 Å². The minimum Gasteiger partial charge on any atom is -0.379 e. The quantitative estimate of drug-likeness (QED) is 0.513. The predicted molar refractivity (Wildman–Crippen MR) is 121 cm³/mol. The highest BCUT2D eigenvalue weighted by molar-refractivity contribution is 5.98. The number of hydrogen-bond donors (Lipinski definition) is 2. The molecule has 4 rings (SSSR count). The molecular formula is C24H23F2N5O2. The number of ketones is 1. The van der Waals surface area contributed by atoms with Gasteiger partial charge in [-0.2, -0.15) is 0 Å². The molecule has 2 aromatic carbocycles. The lowest BCUT2D eigenvalue weighted by atomic mass is 10.1. The second-order valence-corrected chi connectivity index (χ2v) is 7.80. The van der Waals surface area contributed by atoms with E-state index in [1.165, 1.54) is 25.1 Å². The van der Waals surface area contributed by atoms with Crippen molar-refractivity contribution in [2.45, 2.75) is 26.3 Å². The summed E-state index contributed by atoms with van der Waals surface area (Å²) in [5.74, 6) is -1.37. The largest absolute Gasteiger partial charge is 0.379 e. The number of benzene rings is 2. The number of hydrogen-bond acceptors (Lipinski definition) is 6. The number of nitrogens with one attached hydrogen (secondary N) is 2. The summed E-state index contributed by atoms with van der Waals surface area (Å²) in [5.41, 5.74) is 1.49. The van der Waals surface area contributed by atoms with Crippen molar-refractivity contribution >= 4 is 28.9 Å². The number of rotatable bonds is 7. The van der Waals surface area contributed by atoms with E-state index in [0.717, 1.165) is 25.9 Å². The monoisotopic (exact) mass is 451 g/mol. The maximum atomic E-state index is 14.0. The highest BCUT2D eigenvalue weighted by Crippen LogP contribution is 2.23. The number of anilines is 3. The number of likely N-dealkylation sites (tertiary alicyclic amines) is 1. The molecule has 0 bridgehead atoms. The van der Waals surface area contributed by atoms with Gasteiger partial charge in [-0.3, -0.25) is 9.59 Å². The minimum absolute atomic E-state index is 0.0107. The van der Waals surface area contributed by atoms with E-state index in [0.29, 0.717) is 22.8 Å². The van der Waals surface area contributed by atoms with Gasteiger partial charge in [0.2, 0.25) is 0 Å². The lowest BCUT2D eigenvalue weighted by Gasteiger charge is -2.15. The molecule has 1 aromatic heterocycles. The van der Waals surface area contributed by atoms with Crippen LogP contribution in [-0.4, -0.2) is 39.9 Å². The molecular weight excluding hydrogens is 428 g/mol. The molecule has 1 amide bonds. The highest BCUT2D eigenvalue weighted by Gasteiger charge is 2.19. The van der Waals surface area contributed by atoms with E-state index in [1.54, 1.807) is 30.3 Å². The molecule has 0 atom stereocenters. The second-order valence-electron chi connectivity index (χ2n) is 7.80. The van der Waals surface area contributed by atoms with Gasteiger partial charge in [-0.05, 0) is 49.2 Å². The topological polar surface area (TPSA) is 87.2 Å². The van der Waals surface area contributed by atoms with E-state index in [9.17, 15) is 18.4 Å². The Kier molecular flexibility index (Phi) is 6.58. The summed E-state index contributed by atoms with van der Waals surface area (Å²) in [7, 11) is 0. The predicted octanol–water partition coefficient (Wildman–Crippen LogP) is 4.55. The van der Waals surface area contributed by atoms with Gasteiger partial charge in [0.1, 0.15) is 11.6 Å². The Bertz CT molecular complexity index is 1160. The second kappa shape index (κ2) is 9.72. The zero-order chi connectivity index (χ0) is 23.4. The number of Topliss-reactive ketones (excluding diaryl/α,β-unsaturated/α-hetero) is 1. The van der Waals surface area contributed by atoms with Crippen molar-refractivity contribution in [2.24, 2.45) is 0 Å². The average molecular weight is 451 g/mol. The minimum atomic E-state index is -0.684. The average Bonchev–Trinajstić information content (AvgIpc) is 3.34. The summed E-state index contributed by atoms with van der Waals surface area (Å²) in [6.45, 7) is 2.73. The maximum Gasteiger partial charge on any atom is 0.253 e. The molecule has 170 valence electrons. The maximum absolute atomic E-state index is 14.0. The molecule has 2 N–H and O–H groups in total. The van der Waals surface area contributed by atoms with Gasteiger partial charge in [-0.25, -0.2) is 8.78 Å². The first-order valence-electron chi connectivity index (χ1n) is 10.6. The van der Waals surface area contributed by atoms with Crippen molar-refractivity contribution in [1.82, 2.24) is 15.1 Å². The molecule has 1 saturated heterocycles. The van der Waals surface area contributed by atoms with Gasteiger partial charge in [-0.1, -0.05) is 6.07 Å². The van der Waals surface area contributed by atoms with Gasteiger partial charge in [0.15, 0.2) is 17.3 Å². The summed E-state index contributed by atoms with van der Waals surface area (Å²) < 4.78 is 27.9. The normalized spacial score (nSPS) is 13.1. The van der Waals surface area contributed by atoms with Gasteiger partial charge < -0.3 is 15.5 Å². The molecule has 0 radical (unpaired) electrons. The zero-order valence-corrected chi connectivity index (χ0v) is 18.1. The van der Waals surface area contributed by atoms with Crippen LogP contribution in [0.15, 0.2) is 48.5 Å². The van der Waals surface area contributed by atoms with Crippen LogP contribution in [0.2, 0.25) is 0 Å². The Labute approximate surface area is 189 Å². The fourth-order valence-corrected chi connectivity index (χ4v) is 3.68. The summed E-state index contributed by atoms with van der Waals surface area (Å²) in [4.78, 5) is 26.3. The van der Waals surface area contributed by atoms with Crippen LogP contribution >= 0.6 is 0 Å². The summed E-state index contributed by atoms with van der Waals surface area (Å²) in [6.07, 6.45) is 2.06. The molecule has 33 heavy (non-hydrogen) atoms. The van der Waals surface area contributed by atoms with Crippen LogP contribution in [0.3, 0.4) is 0 Å². The van der Waals surface area contributed by atoms with Crippen molar-refractivity contribution in [3.8, 4) is 0 Å². The molecule has 0 spiro atoms. The lowest BCUT2D eigenvalue weighted by Crippen LogP contribution is -2.27. The Balaban J connectivity index is 1.50. The molecule has 3 aromatic rings. The van der Waals surface area contributed by atoms with E-state index in [4.69, 9.17) is 0 Å². The number of nitrogens with zero attached hydrogens (tertiary/aromatic N) is 3. The standard InChI is InChI=1S/C24H23F2N5O2/c1-15(32)23-21(27-14-18-19(25)5-4-6-20(18)26)13-22(29-30-23)28-17-9-7-16(8-10-17)24(33)31-11-2-3-12-31/h4-10,13H,2-3,11-12,14H2,1H3,(H2,27,28,29). The van der Waals surface area contributed by atoms with Crippen LogP contribution in [0, 0.1) is 11.6 Å². The van der Waals surface area contributed by atoms with Gasteiger partial charge in [0.05, 0.1) is 5.69 Å². The highest BCUT2D eigenvalue weighted by atomic mass is 19.1. The molecule has 1 fully saturated rings. The molecule has 1 aliphatic rings. The number of amides is 1. The molecule has 9 heteroatoms. The van der Waals surface area contributed by atoms with E-state index < -0.39 is 11.6 Å². The summed E-state index contributed by atoms with van der Waals surface area (Å²) in [6, 6.07) is 12.2. The van der Waals surface area contributed by atoms with Crippen LogP contribution in [0.5, 0.6) is 0 Å². The van der Waals surface area contributed by atoms with Gasteiger partial charge in [-0.15, -0.1) is 10.2 Å². The third kappa shape index (κ3) is 5.14. The molecule has 1 aliphatic heterocycles. The van der Waals surface area contributed by atoms with E-state index in [1.807, 2.05) is 4.90 Å². The first-order chi connectivity index (χ1) is 15.9. The fourth-order valence-electron chi connectivity index (χ4n) is 3.68. The molecule has 0 saturated carbocycles. The Morgan fingerprint density at radius 2 is 1.67 bits per heavy atom. The van der Waals surface area contributed by atoms with Gasteiger partial charge in [0.25, 0.3) is 5.91 Å². The van der Waals surface area contributed by atoms with Crippen molar-refractivity contribution in [2.75, 3.05) is 23.7 Å². The van der Waals surface area contributed by atoms with Gasteiger partial charge in [0, 0.05) is 49.4 Å². The Morgan fingerprint density at radius 3 is 2.30 bits per heavy atom. The van der Waals surface area contributed by atoms with Gasteiger partial charge >= 0.3 is 0 Å². The SMILES string of the molecule is CC(=O)c1nnc(Nc2ccc(C(=O)N3CCCC3)cc2)cc1NCc1c(F)cccc1F. The van der Waals surface area contributed by atoms with Crippen molar-refractivity contribution < 1.29 is 18.4 Å². The fraction of sp³-hybridized carbons (Fsp3) is 0.250. The number of aromatic nitrogens is 2. The van der Waals surface area contributed by atoms with Crippen LogP contribution in [0.25, 0.3) is 0 Å². The summed E-state index contributed by atoms with van der Waals surface area (Å²) >= 11 is 0. The van der Waals surface area contributed by atoms with Crippen molar-refractivity contribution in [3.63, 3.8) is 0 Å². The van der Waals surface area contributed by atoms with Crippen LogP contribution in [0.4, 0.5) is 26.0 Å². The van der Waals surface area contributed by atoms with Crippen LogP contribution in [-0.2, 0) is 6.54 Å². The van der Waals surface area contributed by atoms with Crippen molar-refractivity contribution in [1.29, 1.82) is 0 Å². The Morgan fingerprint density at radius 1 is 1.00 bits per heavy atom. The number of carbonyl (C=O) groups excluding carboxylic acids is 2. The number of carbonyl (C=O) groups is 2. The molecule has 2 heterocycles. The third-order valence-electron chi connectivity index (χ3n) is 5.44.